The zero-order chi connectivity index (χ0) is 24.1. The smallest absolute Gasteiger partial charge is 0.263 e. The van der Waals surface area contributed by atoms with Crippen molar-refractivity contribution in [2.75, 3.05) is 55.3 Å². The minimum Gasteiger partial charge on any atom is -0.384 e. The molecular weight excluding hydrogens is 457 g/mol. The maximum atomic E-state index is 14.8. The van der Waals surface area contributed by atoms with Gasteiger partial charge in [0.15, 0.2) is 0 Å². The number of carbonyl (C=O) groups excluding carboxylic acids is 1. The quantitative estimate of drug-likeness (QED) is 0.476. The fraction of sp³-hybridized carbons (Fsp3) is 0.280. The van der Waals surface area contributed by atoms with E-state index in [0.717, 1.165) is 31.7 Å². The van der Waals surface area contributed by atoms with Crippen molar-refractivity contribution in [2.45, 2.75) is 6.42 Å². The number of hydrogen-bond donors (Lipinski definition) is 3. The van der Waals surface area contributed by atoms with Gasteiger partial charge in [-0.2, -0.15) is 0 Å². The van der Waals surface area contributed by atoms with E-state index in [9.17, 15) is 14.0 Å². The van der Waals surface area contributed by atoms with Crippen molar-refractivity contribution < 1.29 is 9.18 Å². The van der Waals surface area contributed by atoms with Gasteiger partial charge in [-0.05, 0) is 55.4 Å². The largest absolute Gasteiger partial charge is 0.384 e. The van der Waals surface area contributed by atoms with Gasteiger partial charge in [-0.15, -0.1) is 0 Å². The normalized spacial score (nSPS) is 14.1. The zero-order valence-electron chi connectivity index (χ0n) is 18.9. The summed E-state index contributed by atoms with van der Waals surface area (Å²) in [5.41, 5.74) is 1.64. The van der Waals surface area contributed by atoms with Crippen molar-refractivity contribution in [3.63, 3.8) is 0 Å². The number of anilines is 3. The summed E-state index contributed by atoms with van der Waals surface area (Å²) < 4.78 is 14.8. The molecular formula is C25H27ClFN5O2. The monoisotopic (exact) mass is 483 g/mol. The van der Waals surface area contributed by atoms with Crippen LogP contribution in [0, 0.1) is 5.82 Å². The average Bonchev–Trinajstić information content (AvgIpc) is 2.80. The Balaban J connectivity index is 1.44. The first-order valence-corrected chi connectivity index (χ1v) is 11.5. The van der Waals surface area contributed by atoms with E-state index in [1.807, 2.05) is 30.1 Å². The van der Waals surface area contributed by atoms with Crippen molar-refractivity contribution in [1.29, 1.82) is 0 Å². The van der Waals surface area contributed by atoms with E-state index >= 15 is 0 Å². The van der Waals surface area contributed by atoms with Crippen LogP contribution in [0.25, 0.3) is 0 Å². The predicted octanol–water partition coefficient (Wildman–Crippen LogP) is 3.83. The number of likely N-dealkylation sites (N-methyl/N-ethyl adjacent to an activating group) is 1. The van der Waals surface area contributed by atoms with Crippen molar-refractivity contribution in [3.05, 3.63) is 87.0 Å². The third kappa shape index (κ3) is 5.76. The van der Waals surface area contributed by atoms with E-state index < -0.39 is 17.3 Å². The van der Waals surface area contributed by atoms with E-state index in [0.29, 0.717) is 29.4 Å². The van der Waals surface area contributed by atoms with Gasteiger partial charge >= 0.3 is 0 Å². The van der Waals surface area contributed by atoms with Gasteiger partial charge in [0.25, 0.3) is 11.5 Å². The number of aromatic amines is 1. The molecule has 1 aliphatic heterocycles. The van der Waals surface area contributed by atoms with Gasteiger partial charge < -0.3 is 25.4 Å². The third-order valence-electron chi connectivity index (χ3n) is 5.86. The highest BCUT2D eigenvalue weighted by molar-refractivity contribution is 6.30. The molecule has 2 aromatic carbocycles. The molecule has 0 atom stereocenters. The summed E-state index contributed by atoms with van der Waals surface area (Å²) in [6.45, 7) is 3.70. The van der Waals surface area contributed by atoms with Crippen LogP contribution in [0.1, 0.15) is 15.9 Å². The number of amides is 1. The molecule has 0 radical (unpaired) electrons. The maximum absolute atomic E-state index is 14.8. The number of rotatable bonds is 7. The number of aromatic nitrogens is 1. The molecule has 9 heteroatoms. The number of nitrogens with one attached hydrogen (secondary N) is 3. The predicted molar refractivity (Wildman–Crippen MR) is 135 cm³/mol. The summed E-state index contributed by atoms with van der Waals surface area (Å²) in [5, 5.41) is 6.45. The Hall–Kier alpha value is -3.36. The van der Waals surface area contributed by atoms with Crippen LogP contribution in [0.5, 0.6) is 0 Å². The molecule has 3 N–H and O–H groups in total. The van der Waals surface area contributed by atoms with E-state index in [1.54, 1.807) is 24.3 Å². The fourth-order valence-electron chi connectivity index (χ4n) is 3.97. The maximum Gasteiger partial charge on any atom is 0.263 e. The Morgan fingerprint density at radius 2 is 1.91 bits per heavy atom. The Bertz CT molecular complexity index is 1220. The van der Waals surface area contributed by atoms with Crippen molar-refractivity contribution >= 4 is 34.6 Å². The minimum atomic E-state index is -0.612. The average molecular weight is 484 g/mol. The number of benzene rings is 2. The number of piperazine rings is 1. The van der Waals surface area contributed by atoms with Crippen LogP contribution in [-0.2, 0) is 6.42 Å². The summed E-state index contributed by atoms with van der Waals surface area (Å²) in [6.07, 6.45) is 2.14. The summed E-state index contributed by atoms with van der Waals surface area (Å²) >= 11 is 6.03. The number of pyridine rings is 1. The lowest BCUT2D eigenvalue weighted by atomic mass is 10.1. The molecule has 0 unspecified atom stereocenters. The molecule has 7 nitrogen and oxygen atoms in total. The number of carbonyl (C=O) groups is 1. The van der Waals surface area contributed by atoms with E-state index in [4.69, 9.17) is 11.6 Å². The summed E-state index contributed by atoms with van der Waals surface area (Å²) in [4.78, 5) is 32.1. The van der Waals surface area contributed by atoms with Gasteiger partial charge in [0.2, 0.25) is 0 Å². The molecule has 1 fully saturated rings. The van der Waals surface area contributed by atoms with E-state index in [1.165, 1.54) is 12.3 Å². The first-order chi connectivity index (χ1) is 16.4. The van der Waals surface area contributed by atoms with E-state index in [2.05, 4.69) is 20.5 Å². The summed E-state index contributed by atoms with van der Waals surface area (Å²) in [7, 11) is 2.04. The van der Waals surface area contributed by atoms with Crippen molar-refractivity contribution in [3.8, 4) is 0 Å². The molecule has 0 bridgehead atoms. The Morgan fingerprint density at radius 3 is 2.65 bits per heavy atom. The SMILES string of the molecule is CN1CCN(c2ccc(NC(=O)c3c(NCCc4cccc(Cl)c4)cc[nH]c3=O)cc2F)CC1. The van der Waals surface area contributed by atoms with Crippen molar-refractivity contribution in [2.24, 2.45) is 0 Å². The Labute approximate surface area is 202 Å². The molecule has 1 amide bonds. The van der Waals surface area contributed by atoms with Gasteiger partial charge in [0.05, 0.1) is 11.4 Å². The van der Waals surface area contributed by atoms with Crippen LogP contribution in [-0.4, -0.2) is 55.6 Å². The second-order valence-corrected chi connectivity index (χ2v) is 8.75. The highest BCUT2D eigenvalue weighted by atomic mass is 35.5. The number of hydrogen-bond acceptors (Lipinski definition) is 5. The molecule has 0 aliphatic carbocycles. The lowest BCUT2D eigenvalue weighted by Crippen LogP contribution is -2.44. The number of nitrogens with zero attached hydrogens (tertiary/aromatic N) is 2. The van der Waals surface area contributed by atoms with Crippen LogP contribution in [0.4, 0.5) is 21.5 Å². The van der Waals surface area contributed by atoms with E-state index in [-0.39, 0.29) is 11.3 Å². The molecule has 0 spiro atoms. The second-order valence-electron chi connectivity index (χ2n) is 8.31. The Kier molecular flexibility index (Phi) is 7.49. The first kappa shape index (κ1) is 23.8. The number of halogens is 2. The molecule has 34 heavy (non-hydrogen) atoms. The van der Waals surface area contributed by atoms with Crippen LogP contribution < -0.4 is 21.1 Å². The highest BCUT2D eigenvalue weighted by Crippen LogP contribution is 2.24. The molecule has 2 heterocycles. The summed E-state index contributed by atoms with van der Waals surface area (Å²) in [6, 6.07) is 13.7. The molecule has 4 rings (SSSR count). The lowest BCUT2D eigenvalue weighted by Gasteiger charge is -2.34. The van der Waals surface area contributed by atoms with Gasteiger partial charge in [-0.1, -0.05) is 23.7 Å². The summed E-state index contributed by atoms with van der Waals surface area (Å²) in [5.74, 6) is -1.02. The topological polar surface area (TPSA) is 80.5 Å². The van der Waals surface area contributed by atoms with Crippen LogP contribution in [0.2, 0.25) is 5.02 Å². The van der Waals surface area contributed by atoms with Crippen LogP contribution >= 0.6 is 11.6 Å². The second kappa shape index (κ2) is 10.7. The van der Waals surface area contributed by atoms with Gasteiger partial charge in [0.1, 0.15) is 11.4 Å². The molecule has 1 aromatic heterocycles. The standard InChI is InChI=1S/C25H27ClFN5O2/c1-31-11-13-32(14-12-31)22-6-5-19(16-20(22)27)30-25(34)23-21(8-10-29-24(23)33)28-9-7-17-3-2-4-18(26)15-17/h2-6,8,10,15-16H,7,9,11-14H2,1H3,(H,30,34)(H2,28,29,33). The van der Waals surface area contributed by atoms with Crippen molar-refractivity contribution in [1.82, 2.24) is 9.88 Å². The third-order valence-corrected chi connectivity index (χ3v) is 6.09. The highest BCUT2D eigenvalue weighted by Gasteiger charge is 2.20. The van der Waals surface area contributed by atoms with Crippen LogP contribution in [0.3, 0.4) is 0 Å². The number of H-pyrrole nitrogens is 1. The molecule has 1 aliphatic rings. The zero-order valence-corrected chi connectivity index (χ0v) is 19.7. The van der Waals surface area contributed by atoms with Crippen LogP contribution in [0.15, 0.2) is 59.5 Å². The van der Waals surface area contributed by atoms with Gasteiger partial charge in [0, 0.05) is 49.6 Å². The fourth-order valence-corrected chi connectivity index (χ4v) is 4.18. The first-order valence-electron chi connectivity index (χ1n) is 11.1. The lowest BCUT2D eigenvalue weighted by molar-refractivity contribution is 0.102. The molecule has 178 valence electrons. The van der Waals surface area contributed by atoms with Gasteiger partial charge in [-0.3, -0.25) is 9.59 Å². The molecule has 0 saturated carbocycles. The molecule has 3 aromatic rings. The Morgan fingerprint density at radius 1 is 1.12 bits per heavy atom. The molecule has 1 saturated heterocycles. The minimum absolute atomic E-state index is 0.0582. The van der Waals surface area contributed by atoms with Gasteiger partial charge in [-0.25, -0.2) is 4.39 Å².